The van der Waals surface area contributed by atoms with Gasteiger partial charge >= 0.3 is 24.2 Å². The molecule has 0 aromatic rings. The number of halogens is 6. The van der Waals surface area contributed by atoms with Crippen LogP contribution in [-0.4, -0.2) is 37.5 Å². The Hall–Kier alpha value is -1.48. The van der Waals surface area contributed by atoms with Gasteiger partial charge in [-0.2, -0.15) is 17.6 Å². The number of carbonyl (C=O) groups excluding carboxylic acids is 2. The van der Waals surface area contributed by atoms with E-state index in [2.05, 4.69) is 9.47 Å². The maximum absolute atomic E-state index is 12.0. The molecule has 10 heteroatoms. The van der Waals surface area contributed by atoms with Crippen molar-refractivity contribution in [3.05, 3.63) is 0 Å². The Morgan fingerprint density at radius 2 is 1.06 bits per heavy atom. The highest BCUT2D eigenvalue weighted by Crippen LogP contribution is 2.19. The van der Waals surface area contributed by atoms with Crippen LogP contribution in [0.3, 0.4) is 0 Å². The molecule has 0 aliphatic rings. The Kier molecular flexibility index (Phi) is 4.57. The molecule has 0 amide bonds. The molecule has 0 bridgehead atoms. The maximum Gasteiger partial charge on any atom is 0.429 e. The lowest BCUT2D eigenvalue weighted by Gasteiger charge is -2.14. The summed E-state index contributed by atoms with van der Waals surface area (Å²) in [6, 6.07) is 0. The molecule has 0 saturated heterocycles. The zero-order valence-corrected chi connectivity index (χ0v) is 7.31. The van der Waals surface area contributed by atoms with Gasteiger partial charge in [0.2, 0.25) is 0 Å². The van der Waals surface area contributed by atoms with E-state index >= 15 is 0 Å². The molecule has 0 heterocycles. The second kappa shape index (κ2) is 5.03. The van der Waals surface area contributed by atoms with E-state index in [1.54, 1.807) is 0 Å². The van der Waals surface area contributed by atoms with Crippen LogP contribution in [0.4, 0.5) is 26.3 Å². The number of ether oxygens (including phenoxy) is 2. The van der Waals surface area contributed by atoms with E-state index in [1.165, 1.54) is 0 Å². The molecule has 0 aliphatic carbocycles. The van der Waals surface area contributed by atoms with E-state index in [-0.39, 0.29) is 0 Å². The molecular weight excluding hydrogens is 250 g/mol. The third kappa shape index (κ3) is 4.84. The minimum absolute atomic E-state index is 2.45. The highest BCUT2D eigenvalue weighted by Gasteiger charge is 2.41. The molecule has 0 N–H and O–H groups in total. The van der Waals surface area contributed by atoms with Gasteiger partial charge in [-0.05, 0) is 0 Å². The zero-order chi connectivity index (χ0) is 13.0. The minimum atomic E-state index is -4.64. The number of hydrogen-bond donors (Lipinski definition) is 0. The second-order valence-corrected chi connectivity index (χ2v) is 2.32. The maximum atomic E-state index is 12.0. The van der Waals surface area contributed by atoms with Gasteiger partial charge in [-0.3, -0.25) is 0 Å². The summed E-state index contributed by atoms with van der Waals surface area (Å²) in [7, 11) is 0. The van der Waals surface area contributed by atoms with Gasteiger partial charge in [0.1, 0.15) is 0 Å². The summed E-state index contributed by atoms with van der Waals surface area (Å²) in [6.07, 6.45) is -9.28. The third-order valence-corrected chi connectivity index (χ3v) is 0.962. The number of esters is 2. The summed E-state index contributed by atoms with van der Waals surface area (Å²) in [5.41, 5.74) is 0. The fraction of sp³-hybridized carbons (Fsp3) is 0.667. The van der Waals surface area contributed by atoms with Gasteiger partial charge in [0.05, 0.1) is 0 Å². The first-order valence-corrected chi connectivity index (χ1v) is 3.47. The van der Waals surface area contributed by atoms with E-state index in [9.17, 15) is 35.9 Å². The number of rotatable bonds is 4. The van der Waals surface area contributed by atoms with E-state index in [0.29, 0.717) is 0 Å². The molecule has 16 heavy (non-hydrogen) atoms. The fourth-order valence-corrected chi connectivity index (χ4v) is 0.409. The fourth-order valence-electron chi connectivity index (χ4n) is 0.409. The van der Waals surface area contributed by atoms with Crippen LogP contribution in [0.25, 0.3) is 0 Å². The number of alkyl halides is 6. The molecule has 0 aliphatic heterocycles. The molecule has 0 aromatic heterocycles. The molecule has 0 rings (SSSR count). The van der Waals surface area contributed by atoms with Crippen LogP contribution in [0.15, 0.2) is 0 Å². The van der Waals surface area contributed by atoms with Gasteiger partial charge in [-0.15, -0.1) is 0 Å². The summed E-state index contributed by atoms with van der Waals surface area (Å²) >= 11 is 0. The van der Waals surface area contributed by atoms with Crippen molar-refractivity contribution in [2.75, 3.05) is 13.3 Å². The first kappa shape index (κ1) is 14.5. The summed E-state index contributed by atoms with van der Waals surface area (Å²) in [6.45, 7) is -4.91. The second-order valence-electron chi connectivity index (χ2n) is 2.32. The molecule has 0 spiro atoms. The number of carbonyl (C=O) groups is 2. The minimum Gasteiger partial charge on any atom is -0.390 e. The first-order valence-electron chi connectivity index (χ1n) is 3.47. The summed E-state index contributed by atoms with van der Waals surface area (Å²) in [5.74, 6) is -5.12. The van der Waals surface area contributed by atoms with Crippen LogP contribution >= 0.6 is 0 Å². The molecule has 4 nitrogen and oxygen atoms in total. The van der Waals surface area contributed by atoms with E-state index in [1.807, 2.05) is 0 Å². The van der Waals surface area contributed by atoms with Gasteiger partial charge in [0.25, 0.3) is 0 Å². The lowest BCUT2D eigenvalue weighted by Crippen LogP contribution is -2.36. The molecule has 94 valence electrons. The lowest BCUT2D eigenvalue weighted by molar-refractivity contribution is -0.259. The smallest absolute Gasteiger partial charge is 0.390 e. The Bertz CT molecular complexity index is 250. The molecule has 0 unspecified atom stereocenters. The van der Waals surface area contributed by atoms with E-state index in [4.69, 9.17) is 0 Å². The third-order valence-electron chi connectivity index (χ3n) is 0.962. The monoisotopic (exact) mass is 254 g/mol. The van der Waals surface area contributed by atoms with Crippen LogP contribution < -0.4 is 0 Å². The van der Waals surface area contributed by atoms with Crippen LogP contribution in [-0.2, 0) is 19.1 Å². The molecule has 0 fully saturated rings. The van der Waals surface area contributed by atoms with Crippen molar-refractivity contribution >= 4 is 11.9 Å². The Morgan fingerprint density at radius 3 is 1.25 bits per heavy atom. The Morgan fingerprint density at radius 1 is 0.812 bits per heavy atom. The summed E-state index contributed by atoms with van der Waals surface area (Å²) in [4.78, 5) is 20.6. The van der Waals surface area contributed by atoms with Crippen LogP contribution in [0.2, 0.25) is 0 Å². The van der Waals surface area contributed by atoms with Crippen LogP contribution in [0.1, 0.15) is 0 Å². The van der Waals surface area contributed by atoms with Crippen LogP contribution in [0, 0.1) is 0 Å². The highest BCUT2D eigenvalue weighted by molar-refractivity contribution is 6.29. The van der Waals surface area contributed by atoms with Gasteiger partial charge in [-0.1, -0.05) is 0 Å². The van der Waals surface area contributed by atoms with Gasteiger partial charge < -0.3 is 9.47 Å². The van der Waals surface area contributed by atoms with E-state index in [0.717, 1.165) is 0 Å². The first-order chi connectivity index (χ1) is 7.13. The van der Waals surface area contributed by atoms with Crippen molar-refractivity contribution in [1.82, 2.24) is 0 Å². The van der Waals surface area contributed by atoms with E-state index < -0.39 is 37.5 Å². The molecule has 0 saturated carbocycles. The van der Waals surface area contributed by atoms with Crippen molar-refractivity contribution < 1.29 is 45.4 Å². The normalized spacial score (nSPS) is 12.1. The predicted molar refractivity (Wildman–Crippen MR) is 34.0 cm³/mol. The van der Waals surface area contributed by atoms with Crippen LogP contribution in [0.5, 0.6) is 0 Å². The Balaban J connectivity index is 4.37. The molecular formula is C6H4F6O4. The van der Waals surface area contributed by atoms with Gasteiger partial charge in [0.15, 0.2) is 13.3 Å². The quantitative estimate of drug-likeness (QED) is 0.429. The van der Waals surface area contributed by atoms with Crippen molar-refractivity contribution in [2.24, 2.45) is 0 Å². The summed E-state index contributed by atoms with van der Waals surface area (Å²) < 4.78 is 76.5. The van der Waals surface area contributed by atoms with Crippen molar-refractivity contribution in [2.45, 2.75) is 12.2 Å². The zero-order valence-electron chi connectivity index (χ0n) is 7.31. The molecule has 0 radical (unpaired) electrons. The largest absolute Gasteiger partial charge is 0.429 e. The average Bonchev–Trinajstić information content (AvgIpc) is 2.16. The highest BCUT2D eigenvalue weighted by atomic mass is 19.3. The van der Waals surface area contributed by atoms with Gasteiger partial charge in [0, 0.05) is 0 Å². The van der Waals surface area contributed by atoms with Crippen molar-refractivity contribution in [3.8, 4) is 0 Å². The predicted octanol–water partition coefficient (Wildman–Crippen LogP) is 1.20. The summed E-state index contributed by atoms with van der Waals surface area (Å²) in [5, 5.41) is 0. The lowest BCUT2D eigenvalue weighted by atomic mass is 10.6. The Labute approximate surface area is 84.1 Å². The number of hydrogen-bond acceptors (Lipinski definition) is 4. The van der Waals surface area contributed by atoms with Gasteiger partial charge in [-0.25, -0.2) is 18.4 Å². The molecule has 0 atom stereocenters. The SMILES string of the molecule is O=C(OC(F)(F)CF)C(=O)OC(F)(F)CF. The van der Waals surface area contributed by atoms with Crippen molar-refractivity contribution in [3.63, 3.8) is 0 Å². The van der Waals surface area contributed by atoms with Crippen molar-refractivity contribution in [1.29, 1.82) is 0 Å². The topological polar surface area (TPSA) is 52.6 Å². The average molecular weight is 254 g/mol. The molecule has 0 aromatic carbocycles. The standard InChI is InChI=1S/C6H4F6O4/c7-1-5(9,10)15-3(13)4(14)16-6(11,12)2-8/h1-2H2.